The lowest BCUT2D eigenvalue weighted by atomic mass is 10.1. The molecule has 0 radical (unpaired) electrons. The van der Waals surface area contributed by atoms with Crippen LogP contribution in [-0.4, -0.2) is 36.3 Å². The number of aromatic nitrogens is 1. The maximum Gasteiger partial charge on any atom is 0.171 e. The Hall–Kier alpha value is -1.29. The Balaban J connectivity index is 2.08. The zero-order valence-electron chi connectivity index (χ0n) is 13.9. The molecular weight excluding hydrogens is 262 g/mol. The molecule has 1 aliphatic rings. The van der Waals surface area contributed by atoms with Crippen molar-refractivity contribution < 1.29 is 4.74 Å². The molecule has 21 heavy (non-hydrogen) atoms. The number of nitrogens with zero attached hydrogens (tertiary/aromatic N) is 2. The van der Waals surface area contributed by atoms with Crippen LogP contribution in [0, 0.1) is 0 Å². The third-order valence-corrected chi connectivity index (χ3v) is 3.73. The minimum absolute atomic E-state index is 0.153. The molecule has 4 heteroatoms. The van der Waals surface area contributed by atoms with E-state index in [4.69, 9.17) is 4.74 Å². The zero-order valence-corrected chi connectivity index (χ0v) is 13.9. The third-order valence-electron chi connectivity index (χ3n) is 3.73. The molecule has 1 aliphatic heterocycles. The Bertz CT molecular complexity index is 442. The molecule has 0 amide bonds. The van der Waals surface area contributed by atoms with E-state index in [2.05, 4.69) is 42.9 Å². The molecule has 0 aromatic carbocycles. The summed E-state index contributed by atoms with van der Waals surface area (Å²) < 4.78 is 5.87. The molecule has 1 aromatic heterocycles. The summed E-state index contributed by atoms with van der Waals surface area (Å²) in [5.41, 5.74) is 0.153. The second-order valence-electron chi connectivity index (χ2n) is 6.79. The highest BCUT2D eigenvalue weighted by Crippen LogP contribution is 2.31. The van der Waals surface area contributed by atoms with Crippen LogP contribution in [0.15, 0.2) is 18.3 Å². The largest absolute Gasteiger partial charge is 0.490 e. The van der Waals surface area contributed by atoms with E-state index in [0.29, 0.717) is 6.04 Å². The van der Waals surface area contributed by atoms with E-state index in [-0.39, 0.29) is 5.54 Å². The highest BCUT2D eigenvalue weighted by Gasteiger charge is 2.28. The third kappa shape index (κ3) is 4.60. The van der Waals surface area contributed by atoms with Crippen LogP contribution in [0.2, 0.25) is 0 Å². The van der Waals surface area contributed by atoms with E-state index in [1.807, 2.05) is 18.3 Å². The fourth-order valence-electron chi connectivity index (χ4n) is 2.67. The summed E-state index contributed by atoms with van der Waals surface area (Å²) >= 11 is 0. The van der Waals surface area contributed by atoms with Gasteiger partial charge in [-0.1, -0.05) is 6.92 Å². The van der Waals surface area contributed by atoms with Gasteiger partial charge in [-0.3, -0.25) is 0 Å². The van der Waals surface area contributed by atoms with Gasteiger partial charge >= 0.3 is 0 Å². The Morgan fingerprint density at radius 3 is 2.95 bits per heavy atom. The first-order chi connectivity index (χ1) is 10.0. The van der Waals surface area contributed by atoms with Gasteiger partial charge in [0.15, 0.2) is 11.6 Å². The van der Waals surface area contributed by atoms with Gasteiger partial charge in [-0.05, 0) is 52.2 Å². The Kier molecular flexibility index (Phi) is 5.45. The molecule has 1 saturated heterocycles. The lowest BCUT2D eigenvalue weighted by Gasteiger charge is -2.30. The fraction of sp³-hybridized carbons (Fsp3) is 0.706. The SMILES string of the molecule is CCCOc1cccnc1N1CCCC1CNC(C)(C)C. The van der Waals surface area contributed by atoms with Crippen molar-refractivity contribution in [1.82, 2.24) is 10.3 Å². The van der Waals surface area contributed by atoms with E-state index in [1.54, 1.807) is 0 Å². The minimum Gasteiger partial charge on any atom is -0.490 e. The summed E-state index contributed by atoms with van der Waals surface area (Å²) in [5, 5.41) is 3.62. The van der Waals surface area contributed by atoms with Crippen LogP contribution >= 0.6 is 0 Å². The second-order valence-corrected chi connectivity index (χ2v) is 6.79. The van der Waals surface area contributed by atoms with Crippen molar-refractivity contribution in [2.24, 2.45) is 0 Å². The molecule has 0 saturated carbocycles. The van der Waals surface area contributed by atoms with Crippen molar-refractivity contribution in [3.63, 3.8) is 0 Å². The van der Waals surface area contributed by atoms with Crippen LogP contribution in [0.25, 0.3) is 0 Å². The molecule has 1 unspecified atom stereocenters. The number of pyridine rings is 1. The van der Waals surface area contributed by atoms with Crippen LogP contribution in [-0.2, 0) is 0 Å². The standard InChI is InChI=1S/C17H29N3O/c1-5-12-21-15-9-6-10-18-16(15)20-11-7-8-14(20)13-19-17(2,3)4/h6,9-10,14,19H,5,7-8,11-13H2,1-4H3. The van der Waals surface area contributed by atoms with Gasteiger partial charge in [0.25, 0.3) is 0 Å². The first-order valence-corrected chi connectivity index (χ1v) is 8.11. The Morgan fingerprint density at radius 2 is 2.24 bits per heavy atom. The smallest absolute Gasteiger partial charge is 0.171 e. The van der Waals surface area contributed by atoms with Gasteiger partial charge in [0.2, 0.25) is 0 Å². The van der Waals surface area contributed by atoms with E-state index < -0.39 is 0 Å². The van der Waals surface area contributed by atoms with Gasteiger partial charge in [0.1, 0.15) is 0 Å². The number of hydrogen-bond acceptors (Lipinski definition) is 4. The van der Waals surface area contributed by atoms with E-state index in [0.717, 1.165) is 37.7 Å². The highest BCUT2D eigenvalue weighted by molar-refractivity contribution is 5.53. The molecule has 0 aliphatic carbocycles. The molecule has 1 aromatic rings. The van der Waals surface area contributed by atoms with E-state index >= 15 is 0 Å². The van der Waals surface area contributed by atoms with Gasteiger partial charge < -0.3 is 15.0 Å². The summed E-state index contributed by atoms with van der Waals surface area (Å²) in [6.07, 6.45) is 5.32. The zero-order chi connectivity index (χ0) is 15.3. The number of nitrogens with one attached hydrogen (secondary N) is 1. The topological polar surface area (TPSA) is 37.4 Å². The summed E-state index contributed by atoms with van der Waals surface area (Å²) in [6.45, 7) is 11.6. The van der Waals surface area contributed by atoms with Gasteiger partial charge in [0, 0.05) is 30.9 Å². The van der Waals surface area contributed by atoms with Crippen molar-refractivity contribution in [1.29, 1.82) is 0 Å². The molecular formula is C17H29N3O. The van der Waals surface area contributed by atoms with Crippen molar-refractivity contribution in [3.8, 4) is 5.75 Å². The molecule has 1 N–H and O–H groups in total. The maximum atomic E-state index is 5.87. The number of hydrogen-bond donors (Lipinski definition) is 1. The van der Waals surface area contributed by atoms with Gasteiger partial charge in [-0.2, -0.15) is 0 Å². The predicted molar refractivity (Wildman–Crippen MR) is 88.1 cm³/mol. The van der Waals surface area contributed by atoms with Crippen LogP contribution in [0.4, 0.5) is 5.82 Å². The maximum absolute atomic E-state index is 5.87. The average Bonchev–Trinajstić information content (AvgIpc) is 2.91. The minimum atomic E-state index is 0.153. The molecule has 0 spiro atoms. The quantitative estimate of drug-likeness (QED) is 0.873. The molecule has 1 fully saturated rings. The fourth-order valence-corrected chi connectivity index (χ4v) is 2.67. The van der Waals surface area contributed by atoms with Crippen LogP contribution in [0.3, 0.4) is 0 Å². The monoisotopic (exact) mass is 291 g/mol. The summed E-state index contributed by atoms with van der Waals surface area (Å²) in [5.74, 6) is 1.92. The lowest BCUT2D eigenvalue weighted by molar-refractivity contribution is 0.315. The van der Waals surface area contributed by atoms with E-state index in [1.165, 1.54) is 12.8 Å². The normalized spacial score (nSPS) is 19.0. The van der Waals surface area contributed by atoms with Gasteiger partial charge in [0.05, 0.1) is 6.61 Å². The highest BCUT2D eigenvalue weighted by atomic mass is 16.5. The van der Waals surface area contributed by atoms with Crippen LogP contribution in [0.1, 0.15) is 47.0 Å². The van der Waals surface area contributed by atoms with E-state index in [9.17, 15) is 0 Å². The van der Waals surface area contributed by atoms with Crippen molar-refractivity contribution in [2.45, 2.75) is 58.5 Å². The average molecular weight is 291 g/mol. The molecule has 4 nitrogen and oxygen atoms in total. The molecule has 1 atom stereocenters. The summed E-state index contributed by atoms with van der Waals surface area (Å²) in [7, 11) is 0. The van der Waals surface area contributed by atoms with Crippen molar-refractivity contribution in [2.75, 3.05) is 24.6 Å². The predicted octanol–water partition coefficient (Wildman–Crippen LogP) is 3.23. The second kappa shape index (κ2) is 7.12. The summed E-state index contributed by atoms with van der Waals surface area (Å²) in [4.78, 5) is 6.99. The number of rotatable bonds is 6. The Labute approximate surface area is 128 Å². The van der Waals surface area contributed by atoms with Crippen molar-refractivity contribution >= 4 is 5.82 Å². The van der Waals surface area contributed by atoms with Gasteiger partial charge in [-0.25, -0.2) is 4.98 Å². The molecule has 2 heterocycles. The van der Waals surface area contributed by atoms with Crippen molar-refractivity contribution in [3.05, 3.63) is 18.3 Å². The first-order valence-electron chi connectivity index (χ1n) is 8.11. The summed E-state index contributed by atoms with van der Waals surface area (Å²) in [6, 6.07) is 4.49. The van der Waals surface area contributed by atoms with Crippen LogP contribution in [0.5, 0.6) is 5.75 Å². The van der Waals surface area contributed by atoms with Crippen LogP contribution < -0.4 is 15.0 Å². The molecule has 0 bridgehead atoms. The van der Waals surface area contributed by atoms with Gasteiger partial charge in [-0.15, -0.1) is 0 Å². The number of anilines is 1. The Morgan fingerprint density at radius 1 is 1.43 bits per heavy atom. The number of ether oxygens (including phenoxy) is 1. The molecule has 2 rings (SSSR count). The molecule has 118 valence electrons. The first kappa shape index (κ1) is 16.1. The lowest BCUT2D eigenvalue weighted by Crippen LogP contribution is -2.45.